The summed E-state index contributed by atoms with van der Waals surface area (Å²) in [7, 11) is 1.56. The third-order valence-electron chi connectivity index (χ3n) is 1.92. The van der Waals surface area contributed by atoms with Crippen LogP contribution in [0.5, 0.6) is 5.75 Å². The highest BCUT2D eigenvalue weighted by Gasteiger charge is 2.11. The van der Waals surface area contributed by atoms with Gasteiger partial charge in [-0.15, -0.1) is 0 Å². The van der Waals surface area contributed by atoms with Crippen molar-refractivity contribution in [1.29, 1.82) is 0 Å². The van der Waals surface area contributed by atoms with Crippen LogP contribution in [0.3, 0.4) is 0 Å². The van der Waals surface area contributed by atoms with Gasteiger partial charge in [0, 0.05) is 30.5 Å². The van der Waals surface area contributed by atoms with Gasteiger partial charge in [-0.05, 0) is 13.0 Å². The number of nitrogens with zero attached hydrogens (tertiary/aromatic N) is 2. The Morgan fingerprint density at radius 2 is 2.21 bits per heavy atom. The highest BCUT2D eigenvalue weighted by atomic mass is 16.6. The molecule has 0 radical (unpaired) electrons. The SMILES string of the molecule is C/N=C(\C)c1cc([N+](=O)[O-])ccc1O. The van der Waals surface area contributed by atoms with E-state index in [0.29, 0.717) is 11.3 Å². The van der Waals surface area contributed by atoms with Crippen LogP contribution in [0.25, 0.3) is 0 Å². The van der Waals surface area contributed by atoms with E-state index < -0.39 is 4.92 Å². The Morgan fingerprint density at radius 1 is 1.57 bits per heavy atom. The van der Waals surface area contributed by atoms with E-state index in [1.807, 2.05) is 0 Å². The molecule has 0 saturated heterocycles. The maximum Gasteiger partial charge on any atom is 0.270 e. The molecule has 1 N–H and O–H groups in total. The third kappa shape index (κ3) is 1.87. The summed E-state index contributed by atoms with van der Waals surface area (Å²) in [5.74, 6) is -0.00120. The first-order valence-corrected chi connectivity index (χ1v) is 3.97. The number of nitro groups is 1. The van der Waals surface area contributed by atoms with Gasteiger partial charge in [-0.3, -0.25) is 15.1 Å². The van der Waals surface area contributed by atoms with E-state index >= 15 is 0 Å². The number of aromatic hydroxyl groups is 1. The van der Waals surface area contributed by atoms with E-state index in [1.165, 1.54) is 18.2 Å². The molecular weight excluding hydrogens is 184 g/mol. The predicted octanol–water partition coefficient (Wildman–Crippen LogP) is 1.74. The summed E-state index contributed by atoms with van der Waals surface area (Å²) in [4.78, 5) is 13.8. The molecule has 0 fully saturated rings. The molecule has 14 heavy (non-hydrogen) atoms. The smallest absolute Gasteiger partial charge is 0.270 e. The predicted molar refractivity (Wildman–Crippen MR) is 52.9 cm³/mol. The van der Waals surface area contributed by atoms with Crippen molar-refractivity contribution in [1.82, 2.24) is 0 Å². The van der Waals surface area contributed by atoms with E-state index in [2.05, 4.69) is 4.99 Å². The van der Waals surface area contributed by atoms with E-state index in [-0.39, 0.29) is 11.4 Å². The maximum absolute atomic E-state index is 10.5. The van der Waals surface area contributed by atoms with Crippen LogP contribution in [-0.4, -0.2) is 22.8 Å². The van der Waals surface area contributed by atoms with Gasteiger partial charge in [0.25, 0.3) is 5.69 Å². The fraction of sp³-hybridized carbons (Fsp3) is 0.222. The molecule has 1 aromatic carbocycles. The second-order valence-corrected chi connectivity index (χ2v) is 2.77. The zero-order valence-electron chi connectivity index (χ0n) is 7.89. The van der Waals surface area contributed by atoms with E-state index in [1.54, 1.807) is 14.0 Å². The molecular formula is C9H10N2O3. The summed E-state index contributed by atoms with van der Waals surface area (Å²) in [6, 6.07) is 3.85. The minimum atomic E-state index is -0.508. The summed E-state index contributed by atoms with van der Waals surface area (Å²) in [6.07, 6.45) is 0. The number of benzene rings is 1. The lowest BCUT2D eigenvalue weighted by Gasteiger charge is -2.02. The minimum absolute atomic E-state index is 0.00120. The first-order chi connectivity index (χ1) is 6.56. The lowest BCUT2D eigenvalue weighted by Crippen LogP contribution is -1.97. The Hall–Kier alpha value is -1.91. The van der Waals surface area contributed by atoms with Crippen LogP contribution >= 0.6 is 0 Å². The van der Waals surface area contributed by atoms with Gasteiger partial charge in [-0.2, -0.15) is 0 Å². The van der Waals surface area contributed by atoms with Crippen molar-refractivity contribution in [3.05, 3.63) is 33.9 Å². The Labute approximate surface area is 80.9 Å². The molecule has 0 aliphatic heterocycles. The third-order valence-corrected chi connectivity index (χ3v) is 1.92. The summed E-state index contributed by atoms with van der Waals surface area (Å²) in [5, 5.41) is 19.9. The normalized spacial score (nSPS) is 11.4. The molecule has 0 bridgehead atoms. The highest BCUT2D eigenvalue weighted by Crippen LogP contribution is 2.23. The Morgan fingerprint density at radius 3 is 2.71 bits per heavy atom. The van der Waals surface area contributed by atoms with Gasteiger partial charge < -0.3 is 5.11 Å². The van der Waals surface area contributed by atoms with Crippen molar-refractivity contribution >= 4 is 11.4 Å². The molecule has 74 valence electrons. The van der Waals surface area contributed by atoms with Crippen LogP contribution in [0, 0.1) is 10.1 Å². The van der Waals surface area contributed by atoms with Crippen molar-refractivity contribution in [2.75, 3.05) is 7.05 Å². The fourth-order valence-electron chi connectivity index (χ4n) is 1.05. The molecule has 0 aliphatic rings. The average molecular weight is 194 g/mol. The average Bonchev–Trinajstić information content (AvgIpc) is 2.17. The lowest BCUT2D eigenvalue weighted by molar-refractivity contribution is -0.384. The number of nitro benzene ring substituents is 1. The molecule has 0 aromatic heterocycles. The van der Waals surface area contributed by atoms with Crippen LogP contribution in [0.4, 0.5) is 5.69 Å². The molecule has 0 heterocycles. The van der Waals surface area contributed by atoms with Gasteiger partial charge in [0.1, 0.15) is 5.75 Å². The van der Waals surface area contributed by atoms with Crippen molar-refractivity contribution in [3.63, 3.8) is 0 Å². The highest BCUT2D eigenvalue weighted by molar-refractivity contribution is 6.01. The van der Waals surface area contributed by atoms with E-state index in [0.717, 1.165) is 0 Å². The van der Waals surface area contributed by atoms with E-state index in [4.69, 9.17) is 0 Å². The zero-order chi connectivity index (χ0) is 10.7. The Bertz CT molecular complexity index is 399. The van der Waals surface area contributed by atoms with Crippen molar-refractivity contribution in [2.24, 2.45) is 4.99 Å². The van der Waals surface area contributed by atoms with Crippen LogP contribution in [-0.2, 0) is 0 Å². The molecule has 0 unspecified atom stereocenters. The van der Waals surface area contributed by atoms with Gasteiger partial charge in [-0.25, -0.2) is 0 Å². The molecule has 0 amide bonds. The van der Waals surface area contributed by atoms with Crippen LogP contribution in [0.1, 0.15) is 12.5 Å². The van der Waals surface area contributed by atoms with Crippen molar-refractivity contribution in [2.45, 2.75) is 6.92 Å². The number of non-ortho nitro benzene ring substituents is 1. The van der Waals surface area contributed by atoms with Gasteiger partial charge in [0.05, 0.1) is 4.92 Å². The minimum Gasteiger partial charge on any atom is -0.507 e. The standard InChI is InChI=1S/C9H10N2O3/c1-6(10-2)8-5-7(11(13)14)3-4-9(8)12/h3-5,12H,1-2H3/b10-6+. The number of phenols is 1. The number of rotatable bonds is 2. The number of hydrogen-bond acceptors (Lipinski definition) is 4. The molecule has 0 spiro atoms. The molecule has 1 aromatic rings. The molecule has 0 atom stereocenters. The van der Waals surface area contributed by atoms with Crippen LogP contribution in [0.15, 0.2) is 23.2 Å². The molecule has 0 aliphatic carbocycles. The summed E-state index contributed by atoms with van der Waals surface area (Å²) >= 11 is 0. The summed E-state index contributed by atoms with van der Waals surface area (Å²) in [5.41, 5.74) is 0.897. The zero-order valence-corrected chi connectivity index (χ0v) is 7.89. The molecule has 5 nitrogen and oxygen atoms in total. The second-order valence-electron chi connectivity index (χ2n) is 2.77. The largest absolute Gasteiger partial charge is 0.507 e. The van der Waals surface area contributed by atoms with Crippen LogP contribution < -0.4 is 0 Å². The monoisotopic (exact) mass is 194 g/mol. The first-order valence-electron chi connectivity index (χ1n) is 3.97. The quantitative estimate of drug-likeness (QED) is 0.442. The van der Waals surface area contributed by atoms with Gasteiger partial charge in [-0.1, -0.05) is 0 Å². The maximum atomic E-state index is 10.5. The van der Waals surface area contributed by atoms with Gasteiger partial charge in [0.15, 0.2) is 0 Å². The second kappa shape index (κ2) is 3.87. The Balaban J connectivity index is 3.28. The van der Waals surface area contributed by atoms with Crippen molar-refractivity contribution < 1.29 is 10.0 Å². The molecule has 5 heteroatoms. The summed E-state index contributed by atoms with van der Waals surface area (Å²) < 4.78 is 0. The number of phenolic OH excluding ortho intramolecular Hbond substituents is 1. The lowest BCUT2D eigenvalue weighted by atomic mass is 10.1. The fourth-order valence-corrected chi connectivity index (χ4v) is 1.05. The first kappa shape index (κ1) is 10.2. The van der Waals surface area contributed by atoms with Crippen LogP contribution in [0.2, 0.25) is 0 Å². The number of aliphatic imine (C=N–C) groups is 1. The topological polar surface area (TPSA) is 75.7 Å². The van der Waals surface area contributed by atoms with Gasteiger partial charge in [0.2, 0.25) is 0 Å². The Kier molecular flexibility index (Phi) is 2.81. The van der Waals surface area contributed by atoms with Crippen molar-refractivity contribution in [3.8, 4) is 5.75 Å². The summed E-state index contributed by atoms with van der Waals surface area (Å²) in [6.45, 7) is 1.68. The number of hydrogen-bond donors (Lipinski definition) is 1. The molecule has 1 rings (SSSR count). The van der Waals surface area contributed by atoms with Gasteiger partial charge >= 0.3 is 0 Å². The molecule has 0 saturated carbocycles. The van der Waals surface area contributed by atoms with E-state index in [9.17, 15) is 15.2 Å².